The molecule has 0 bridgehead atoms. The maximum absolute atomic E-state index is 5.75. The van der Waals surface area contributed by atoms with Crippen molar-refractivity contribution in [2.45, 2.75) is 25.9 Å². The minimum Gasteiger partial charge on any atom is -0.367 e. The van der Waals surface area contributed by atoms with Gasteiger partial charge in [0.1, 0.15) is 6.10 Å². The molecule has 2 unspecified atom stereocenters. The van der Waals surface area contributed by atoms with Crippen LogP contribution in [0.4, 0.5) is 0 Å². The van der Waals surface area contributed by atoms with Crippen LogP contribution in [0.5, 0.6) is 0 Å². The summed E-state index contributed by atoms with van der Waals surface area (Å²) in [5.41, 5.74) is 0. The summed E-state index contributed by atoms with van der Waals surface area (Å²) in [5, 5.41) is 7.39. The third-order valence-corrected chi connectivity index (χ3v) is 4.25. The van der Waals surface area contributed by atoms with E-state index in [4.69, 9.17) is 9.26 Å². The SMILES string of the molecule is CCN1CCOC(c2noc(C(C)C3CNC3)n2)C1. The summed E-state index contributed by atoms with van der Waals surface area (Å²) < 4.78 is 11.2. The van der Waals surface area contributed by atoms with Crippen LogP contribution < -0.4 is 5.32 Å². The number of nitrogens with one attached hydrogen (secondary N) is 1. The van der Waals surface area contributed by atoms with Crippen LogP contribution in [-0.2, 0) is 4.74 Å². The van der Waals surface area contributed by atoms with E-state index in [0.717, 1.165) is 45.2 Å². The van der Waals surface area contributed by atoms with Gasteiger partial charge in [-0.15, -0.1) is 0 Å². The monoisotopic (exact) mass is 266 g/mol. The maximum Gasteiger partial charge on any atom is 0.229 e. The maximum atomic E-state index is 5.75. The Morgan fingerprint density at radius 1 is 1.47 bits per heavy atom. The fraction of sp³-hybridized carbons (Fsp3) is 0.846. The van der Waals surface area contributed by atoms with Crippen LogP contribution in [0.2, 0.25) is 0 Å². The first-order valence-electron chi connectivity index (χ1n) is 7.16. The number of hydrogen-bond donors (Lipinski definition) is 1. The summed E-state index contributed by atoms with van der Waals surface area (Å²) in [6, 6.07) is 0. The van der Waals surface area contributed by atoms with E-state index in [0.29, 0.717) is 17.7 Å². The van der Waals surface area contributed by atoms with E-state index in [-0.39, 0.29) is 6.10 Å². The molecular formula is C13H22N4O2. The van der Waals surface area contributed by atoms with Gasteiger partial charge in [-0.3, -0.25) is 4.90 Å². The molecule has 0 spiro atoms. The van der Waals surface area contributed by atoms with E-state index in [9.17, 15) is 0 Å². The summed E-state index contributed by atoms with van der Waals surface area (Å²) >= 11 is 0. The zero-order valence-corrected chi connectivity index (χ0v) is 11.6. The Bertz CT molecular complexity index is 419. The lowest BCUT2D eigenvalue weighted by Crippen LogP contribution is -2.44. The molecule has 2 saturated heterocycles. The number of ether oxygens (including phenoxy) is 1. The van der Waals surface area contributed by atoms with Gasteiger partial charge in [0.05, 0.1) is 6.61 Å². The average Bonchev–Trinajstić information content (AvgIpc) is 2.86. The summed E-state index contributed by atoms with van der Waals surface area (Å²) in [6.45, 7) is 10.0. The second-order valence-corrected chi connectivity index (χ2v) is 5.45. The number of hydrogen-bond acceptors (Lipinski definition) is 6. The van der Waals surface area contributed by atoms with Gasteiger partial charge >= 0.3 is 0 Å². The van der Waals surface area contributed by atoms with Crippen molar-refractivity contribution in [1.29, 1.82) is 0 Å². The van der Waals surface area contributed by atoms with Crippen LogP contribution in [0.15, 0.2) is 4.52 Å². The Hall–Kier alpha value is -0.980. The minimum atomic E-state index is -0.0436. The smallest absolute Gasteiger partial charge is 0.229 e. The predicted octanol–water partition coefficient (Wildman–Crippen LogP) is 0.786. The second-order valence-electron chi connectivity index (χ2n) is 5.45. The Balaban J connectivity index is 1.66. The molecule has 0 aliphatic carbocycles. The van der Waals surface area contributed by atoms with Gasteiger partial charge in [0.25, 0.3) is 0 Å². The van der Waals surface area contributed by atoms with Crippen molar-refractivity contribution in [3.8, 4) is 0 Å². The topological polar surface area (TPSA) is 63.4 Å². The highest BCUT2D eigenvalue weighted by Gasteiger charge is 2.31. The van der Waals surface area contributed by atoms with Gasteiger partial charge in [0.15, 0.2) is 0 Å². The highest BCUT2D eigenvalue weighted by atomic mass is 16.5. The van der Waals surface area contributed by atoms with Crippen molar-refractivity contribution in [2.75, 3.05) is 39.3 Å². The van der Waals surface area contributed by atoms with Crippen LogP contribution in [0.25, 0.3) is 0 Å². The Labute approximate surface area is 113 Å². The lowest BCUT2D eigenvalue weighted by molar-refractivity contribution is -0.0334. The van der Waals surface area contributed by atoms with Crippen LogP contribution in [0.1, 0.15) is 37.6 Å². The summed E-state index contributed by atoms with van der Waals surface area (Å²) in [6.07, 6.45) is -0.0436. The number of morpholine rings is 1. The predicted molar refractivity (Wildman–Crippen MR) is 69.9 cm³/mol. The summed E-state index contributed by atoms with van der Waals surface area (Å²) in [4.78, 5) is 6.90. The zero-order chi connectivity index (χ0) is 13.2. The highest BCUT2D eigenvalue weighted by Crippen LogP contribution is 2.27. The van der Waals surface area contributed by atoms with E-state index in [1.807, 2.05) is 0 Å². The van der Waals surface area contributed by atoms with Crippen LogP contribution in [0.3, 0.4) is 0 Å². The van der Waals surface area contributed by atoms with Crippen molar-refractivity contribution < 1.29 is 9.26 Å². The molecule has 2 aliphatic heterocycles. The van der Waals surface area contributed by atoms with E-state index >= 15 is 0 Å². The van der Waals surface area contributed by atoms with Crippen molar-refractivity contribution >= 4 is 0 Å². The van der Waals surface area contributed by atoms with E-state index in [1.165, 1.54) is 0 Å². The molecule has 19 heavy (non-hydrogen) atoms. The lowest BCUT2D eigenvalue weighted by atomic mass is 9.89. The summed E-state index contributed by atoms with van der Waals surface area (Å²) in [7, 11) is 0. The molecule has 6 nitrogen and oxygen atoms in total. The van der Waals surface area contributed by atoms with Gasteiger partial charge in [-0.2, -0.15) is 4.98 Å². The van der Waals surface area contributed by atoms with Gasteiger partial charge in [-0.25, -0.2) is 0 Å². The molecule has 0 aromatic carbocycles. The average molecular weight is 266 g/mol. The lowest BCUT2D eigenvalue weighted by Gasteiger charge is -2.31. The molecule has 106 valence electrons. The molecule has 2 fully saturated rings. The van der Waals surface area contributed by atoms with E-state index in [2.05, 4.69) is 34.2 Å². The standard InChI is InChI=1S/C13H22N4O2/c1-3-17-4-5-18-11(8-17)12-15-13(19-16-12)9(2)10-6-14-7-10/h9-11,14H,3-8H2,1-2H3. The molecule has 0 amide bonds. The molecule has 6 heteroatoms. The quantitative estimate of drug-likeness (QED) is 0.869. The first-order valence-corrected chi connectivity index (χ1v) is 7.16. The number of likely N-dealkylation sites (N-methyl/N-ethyl adjacent to an activating group) is 1. The first kappa shape index (κ1) is 13.0. The molecule has 1 aromatic rings. The Kier molecular flexibility index (Phi) is 3.81. The normalized spacial score (nSPS) is 27.2. The number of aromatic nitrogens is 2. The molecule has 1 N–H and O–H groups in total. The molecule has 2 aliphatic rings. The Morgan fingerprint density at radius 3 is 3.00 bits per heavy atom. The molecule has 1 aromatic heterocycles. The van der Waals surface area contributed by atoms with Gasteiger partial charge in [0, 0.05) is 19.0 Å². The first-order chi connectivity index (χ1) is 9.28. The number of nitrogens with zero attached hydrogens (tertiary/aromatic N) is 3. The van der Waals surface area contributed by atoms with Crippen LogP contribution >= 0.6 is 0 Å². The summed E-state index contributed by atoms with van der Waals surface area (Å²) in [5.74, 6) is 2.40. The van der Waals surface area contributed by atoms with Crippen molar-refractivity contribution in [3.63, 3.8) is 0 Å². The second kappa shape index (κ2) is 5.56. The van der Waals surface area contributed by atoms with Gasteiger partial charge in [-0.05, 0) is 25.6 Å². The third kappa shape index (κ3) is 2.66. The van der Waals surface area contributed by atoms with Crippen molar-refractivity contribution in [1.82, 2.24) is 20.4 Å². The molecular weight excluding hydrogens is 244 g/mol. The fourth-order valence-corrected chi connectivity index (χ4v) is 2.58. The van der Waals surface area contributed by atoms with Gasteiger partial charge in [0.2, 0.25) is 11.7 Å². The minimum absolute atomic E-state index is 0.0436. The Morgan fingerprint density at radius 2 is 2.32 bits per heavy atom. The van der Waals surface area contributed by atoms with Crippen molar-refractivity contribution in [3.05, 3.63) is 11.7 Å². The molecule has 0 radical (unpaired) electrons. The largest absolute Gasteiger partial charge is 0.367 e. The fourth-order valence-electron chi connectivity index (χ4n) is 2.58. The molecule has 3 heterocycles. The van der Waals surface area contributed by atoms with E-state index < -0.39 is 0 Å². The molecule has 2 atom stereocenters. The molecule has 3 rings (SSSR count). The van der Waals surface area contributed by atoms with Crippen LogP contribution in [0, 0.1) is 5.92 Å². The van der Waals surface area contributed by atoms with Crippen LogP contribution in [-0.4, -0.2) is 54.4 Å². The number of rotatable bonds is 4. The zero-order valence-electron chi connectivity index (χ0n) is 11.6. The highest BCUT2D eigenvalue weighted by molar-refractivity contribution is 5.01. The third-order valence-electron chi connectivity index (χ3n) is 4.25. The molecule has 0 saturated carbocycles. The van der Waals surface area contributed by atoms with Gasteiger partial charge in [-0.1, -0.05) is 19.0 Å². The van der Waals surface area contributed by atoms with E-state index in [1.54, 1.807) is 0 Å². The van der Waals surface area contributed by atoms with Crippen molar-refractivity contribution in [2.24, 2.45) is 5.92 Å². The van der Waals surface area contributed by atoms with Gasteiger partial charge < -0.3 is 14.6 Å².